The quantitative estimate of drug-likeness (QED) is 0.215. The van der Waals surface area contributed by atoms with Gasteiger partial charge in [-0.05, 0) is 36.4 Å². The zero-order chi connectivity index (χ0) is 27.2. The lowest BCUT2D eigenvalue weighted by atomic mass is 9.95. The van der Waals surface area contributed by atoms with E-state index in [4.69, 9.17) is 9.97 Å². The monoisotopic (exact) mass is 508 g/mol. The highest BCUT2D eigenvalue weighted by molar-refractivity contribution is 5.98. The highest BCUT2D eigenvalue weighted by Gasteiger charge is 2.22. The molecule has 8 nitrogen and oxygen atoms in total. The molecule has 0 atom stereocenters. The molecule has 2 amide bonds. The molecule has 0 fully saturated rings. The molecule has 8 heteroatoms. The third kappa shape index (κ3) is 5.02. The Labute approximate surface area is 221 Å². The third-order valence-electron chi connectivity index (χ3n) is 6.28. The summed E-state index contributed by atoms with van der Waals surface area (Å²) in [5, 5.41) is 5.94. The fourth-order valence-electron chi connectivity index (χ4n) is 3.96. The molecular formula is C30H32N6O2. The first-order valence-electron chi connectivity index (χ1n) is 12.6. The number of benzene rings is 3. The van der Waals surface area contributed by atoms with Gasteiger partial charge in [-0.1, -0.05) is 65.8 Å². The van der Waals surface area contributed by atoms with E-state index in [2.05, 4.69) is 20.6 Å². The van der Waals surface area contributed by atoms with Crippen molar-refractivity contribution in [2.45, 2.75) is 41.5 Å². The largest absolute Gasteiger partial charge is 0.338 e. The van der Waals surface area contributed by atoms with Crippen molar-refractivity contribution < 1.29 is 9.59 Å². The SMILES string of the molecule is CC(C)(C)C(=O)Nc1ccc2nc(-c3ccccc3-c3nc4ccc(NC(=O)C(C)(C)C)cc4[nH]3)[nH]c2c1. The minimum absolute atomic E-state index is 0.0482. The summed E-state index contributed by atoms with van der Waals surface area (Å²) in [4.78, 5) is 41.3. The summed E-state index contributed by atoms with van der Waals surface area (Å²) in [7, 11) is 0. The standard InChI is InChI=1S/C30H32N6O2/c1-29(2,3)27(37)31-17-11-13-21-23(15-17)35-25(33-21)19-9-7-8-10-20(19)26-34-22-14-12-18(16-24(22)36-26)32-28(38)30(4,5)6/h7-16H,1-6H3,(H,31,37)(H,32,38)(H,33,35)(H,34,36). The number of hydrogen-bond donors (Lipinski definition) is 4. The lowest BCUT2D eigenvalue weighted by Gasteiger charge is -2.17. The van der Waals surface area contributed by atoms with Gasteiger partial charge in [0.25, 0.3) is 0 Å². The van der Waals surface area contributed by atoms with Crippen molar-refractivity contribution in [1.29, 1.82) is 0 Å². The van der Waals surface area contributed by atoms with Crippen LogP contribution in [0.3, 0.4) is 0 Å². The average Bonchev–Trinajstić information content (AvgIpc) is 3.46. The van der Waals surface area contributed by atoms with E-state index in [9.17, 15) is 9.59 Å². The van der Waals surface area contributed by atoms with Gasteiger partial charge in [0.2, 0.25) is 11.8 Å². The van der Waals surface area contributed by atoms with Crippen LogP contribution in [0, 0.1) is 10.8 Å². The molecule has 0 unspecified atom stereocenters. The zero-order valence-corrected chi connectivity index (χ0v) is 22.5. The van der Waals surface area contributed by atoms with Crippen molar-refractivity contribution in [3.63, 3.8) is 0 Å². The first kappa shape index (κ1) is 25.2. The molecule has 0 saturated heterocycles. The first-order chi connectivity index (χ1) is 17.9. The van der Waals surface area contributed by atoms with E-state index in [1.165, 1.54) is 0 Å². The van der Waals surface area contributed by atoms with Crippen molar-refractivity contribution in [2.75, 3.05) is 10.6 Å². The summed E-state index contributed by atoms with van der Waals surface area (Å²) in [6, 6.07) is 19.2. The molecule has 0 aliphatic carbocycles. The molecule has 0 aliphatic heterocycles. The average molecular weight is 509 g/mol. The Bertz CT molecular complexity index is 1560. The highest BCUT2D eigenvalue weighted by atomic mass is 16.2. The minimum atomic E-state index is -0.488. The van der Waals surface area contributed by atoms with E-state index in [0.717, 1.165) is 33.2 Å². The van der Waals surface area contributed by atoms with Gasteiger partial charge in [-0.3, -0.25) is 9.59 Å². The van der Waals surface area contributed by atoms with Crippen molar-refractivity contribution >= 4 is 45.3 Å². The van der Waals surface area contributed by atoms with E-state index in [-0.39, 0.29) is 11.8 Å². The molecule has 4 N–H and O–H groups in total. The molecular weight excluding hydrogens is 476 g/mol. The maximum absolute atomic E-state index is 12.4. The van der Waals surface area contributed by atoms with Crippen LogP contribution in [0.25, 0.3) is 44.8 Å². The summed E-state index contributed by atoms with van der Waals surface area (Å²) in [5.41, 5.74) is 5.49. The molecule has 0 radical (unpaired) electrons. The van der Waals surface area contributed by atoms with Gasteiger partial charge < -0.3 is 20.6 Å². The van der Waals surface area contributed by atoms with Gasteiger partial charge >= 0.3 is 0 Å². The van der Waals surface area contributed by atoms with E-state index in [1.807, 2.05) is 102 Å². The molecule has 194 valence electrons. The number of rotatable bonds is 4. The van der Waals surface area contributed by atoms with Crippen LogP contribution in [0.1, 0.15) is 41.5 Å². The van der Waals surface area contributed by atoms with E-state index >= 15 is 0 Å². The van der Waals surface area contributed by atoms with Gasteiger partial charge in [0.15, 0.2) is 0 Å². The Morgan fingerprint density at radius 3 is 1.39 bits per heavy atom. The van der Waals surface area contributed by atoms with Gasteiger partial charge in [-0.15, -0.1) is 0 Å². The number of nitrogens with zero attached hydrogens (tertiary/aromatic N) is 2. The van der Waals surface area contributed by atoms with Gasteiger partial charge in [0, 0.05) is 33.3 Å². The summed E-state index contributed by atoms with van der Waals surface area (Å²) in [5.74, 6) is 1.31. The van der Waals surface area contributed by atoms with E-state index in [0.29, 0.717) is 23.0 Å². The van der Waals surface area contributed by atoms with E-state index in [1.54, 1.807) is 0 Å². The van der Waals surface area contributed by atoms with Gasteiger partial charge in [0.05, 0.1) is 22.1 Å². The summed E-state index contributed by atoms with van der Waals surface area (Å²) < 4.78 is 0. The predicted octanol–water partition coefficient (Wildman–Crippen LogP) is 6.74. The number of aromatic amines is 2. The van der Waals surface area contributed by atoms with E-state index < -0.39 is 10.8 Å². The fraction of sp³-hybridized carbons (Fsp3) is 0.267. The maximum atomic E-state index is 12.4. The second kappa shape index (κ2) is 9.13. The molecule has 2 aromatic heterocycles. The number of H-pyrrole nitrogens is 2. The van der Waals surface area contributed by atoms with Crippen LogP contribution in [-0.2, 0) is 9.59 Å². The van der Waals surface area contributed by atoms with Gasteiger partial charge in [-0.2, -0.15) is 0 Å². The van der Waals surface area contributed by atoms with Crippen LogP contribution in [0.5, 0.6) is 0 Å². The molecule has 0 bridgehead atoms. The van der Waals surface area contributed by atoms with Crippen molar-refractivity contribution in [3.8, 4) is 22.8 Å². The number of fused-ring (bicyclic) bond motifs is 2. The Balaban J connectivity index is 1.48. The second-order valence-electron chi connectivity index (χ2n) is 11.6. The fourth-order valence-corrected chi connectivity index (χ4v) is 3.96. The van der Waals surface area contributed by atoms with Crippen LogP contribution in [-0.4, -0.2) is 31.8 Å². The first-order valence-corrected chi connectivity index (χ1v) is 12.6. The van der Waals surface area contributed by atoms with Crippen LogP contribution in [0.4, 0.5) is 11.4 Å². The van der Waals surface area contributed by atoms with Crippen molar-refractivity contribution in [1.82, 2.24) is 19.9 Å². The van der Waals surface area contributed by atoms with Crippen LogP contribution >= 0.6 is 0 Å². The van der Waals surface area contributed by atoms with Crippen molar-refractivity contribution in [2.24, 2.45) is 10.8 Å². The highest BCUT2D eigenvalue weighted by Crippen LogP contribution is 2.32. The summed E-state index contributed by atoms with van der Waals surface area (Å²) in [6.45, 7) is 11.3. The lowest BCUT2D eigenvalue weighted by Crippen LogP contribution is -2.27. The molecule has 0 spiro atoms. The lowest BCUT2D eigenvalue weighted by molar-refractivity contribution is -0.123. The number of anilines is 2. The van der Waals surface area contributed by atoms with Crippen molar-refractivity contribution in [3.05, 3.63) is 60.7 Å². The van der Waals surface area contributed by atoms with Gasteiger partial charge in [0.1, 0.15) is 11.6 Å². The number of nitrogens with one attached hydrogen (secondary N) is 4. The van der Waals surface area contributed by atoms with Gasteiger partial charge in [-0.25, -0.2) is 9.97 Å². The molecule has 2 heterocycles. The molecule has 0 saturated carbocycles. The number of imidazole rings is 2. The maximum Gasteiger partial charge on any atom is 0.229 e. The molecule has 38 heavy (non-hydrogen) atoms. The number of carbonyl (C=O) groups is 2. The third-order valence-corrected chi connectivity index (χ3v) is 6.28. The number of hydrogen-bond acceptors (Lipinski definition) is 4. The Morgan fingerprint density at radius 2 is 1.03 bits per heavy atom. The molecule has 0 aliphatic rings. The van der Waals surface area contributed by atoms with Crippen LogP contribution < -0.4 is 10.6 Å². The Hall–Kier alpha value is -4.46. The molecule has 5 aromatic rings. The molecule has 3 aromatic carbocycles. The number of amides is 2. The zero-order valence-electron chi connectivity index (χ0n) is 22.5. The number of carbonyl (C=O) groups excluding carboxylic acids is 2. The Morgan fingerprint density at radius 1 is 0.632 bits per heavy atom. The topological polar surface area (TPSA) is 116 Å². The number of aromatic nitrogens is 4. The predicted molar refractivity (Wildman–Crippen MR) is 153 cm³/mol. The summed E-state index contributed by atoms with van der Waals surface area (Å²) in [6.07, 6.45) is 0. The normalized spacial score (nSPS) is 12.2. The minimum Gasteiger partial charge on any atom is -0.338 e. The smallest absolute Gasteiger partial charge is 0.229 e. The van der Waals surface area contributed by atoms with Crippen LogP contribution in [0.15, 0.2) is 60.7 Å². The Kier molecular flexibility index (Phi) is 6.06. The molecule has 5 rings (SSSR count). The summed E-state index contributed by atoms with van der Waals surface area (Å²) >= 11 is 0. The van der Waals surface area contributed by atoms with Crippen LogP contribution in [0.2, 0.25) is 0 Å². The second-order valence-corrected chi connectivity index (χ2v) is 11.6.